The van der Waals surface area contributed by atoms with Crippen molar-refractivity contribution in [3.8, 4) is 0 Å². The number of nitrogens with zero attached hydrogens (tertiary/aromatic N) is 3. The number of hydrogen-bond donors (Lipinski definition) is 2. The topological polar surface area (TPSA) is 103 Å². The number of hydrazone groups is 1. The number of carbonyl (C=O) groups excluding carboxylic acids is 2. The van der Waals surface area contributed by atoms with E-state index in [1.54, 1.807) is 30.5 Å². The highest BCUT2D eigenvalue weighted by Gasteiger charge is 2.07. The first kappa shape index (κ1) is 18.7. The van der Waals surface area contributed by atoms with Gasteiger partial charge in [-0.15, -0.1) is 5.11 Å². The van der Waals surface area contributed by atoms with Crippen LogP contribution in [0.5, 0.6) is 0 Å². The number of benzene rings is 2. The molecular weight excluding hydrogens is 332 g/mol. The molecule has 0 fully saturated rings. The molecule has 0 aromatic heterocycles. The van der Waals surface area contributed by atoms with E-state index in [1.807, 2.05) is 30.3 Å². The molecule has 0 bridgehead atoms. The number of allylic oxidation sites excluding steroid dienone is 2. The molecule has 0 spiro atoms. The monoisotopic (exact) mass is 350 g/mol. The average Bonchev–Trinajstić information content (AvgIpc) is 2.62. The van der Waals surface area contributed by atoms with Crippen molar-refractivity contribution < 1.29 is 14.7 Å². The van der Waals surface area contributed by atoms with Gasteiger partial charge in [0.05, 0.1) is 11.9 Å². The van der Waals surface area contributed by atoms with Gasteiger partial charge in [0.2, 0.25) is 0 Å². The first-order valence-corrected chi connectivity index (χ1v) is 7.78. The number of azo groups is 1. The van der Waals surface area contributed by atoms with Crippen molar-refractivity contribution in [3.05, 3.63) is 77.2 Å². The summed E-state index contributed by atoms with van der Waals surface area (Å²) >= 11 is 0. The molecule has 0 saturated heterocycles. The van der Waals surface area contributed by atoms with Crippen LogP contribution in [0, 0.1) is 0 Å². The summed E-state index contributed by atoms with van der Waals surface area (Å²) in [5.41, 5.74) is 4.04. The summed E-state index contributed by atoms with van der Waals surface area (Å²) in [7, 11) is 0. The Morgan fingerprint density at radius 1 is 1.00 bits per heavy atom. The number of ketones is 1. The predicted octanol–water partition coefficient (Wildman–Crippen LogP) is 3.91. The van der Waals surface area contributed by atoms with Crippen molar-refractivity contribution in [1.29, 1.82) is 0 Å². The molecule has 2 N–H and O–H groups in total. The maximum absolute atomic E-state index is 12.0. The molecule has 1 amide bonds. The van der Waals surface area contributed by atoms with Crippen LogP contribution in [-0.4, -0.2) is 23.0 Å². The Balaban J connectivity index is 2.00. The van der Waals surface area contributed by atoms with Gasteiger partial charge in [0.15, 0.2) is 11.5 Å². The third kappa shape index (κ3) is 5.48. The Labute approximate surface area is 150 Å². The Morgan fingerprint density at radius 2 is 1.65 bits per heavy atom. The van der Waals surface area contributed by atoms with Crippen LogP contribution in [-0.2, 0) is 4.79 Å². The van der Waals surface area contributed by atoms with Crippen LogP contribution >= 0.6 is 0 Å². The quantitative estimate of drug-likeness (QED) is 0.271. The Kier molecular flexibility index (Phi) is 6.50. The van der Waals surface area contributed by atoms with Crippen LogP contribution in [0.3, 0.4) is 0 Å². The van der Waals surface area contributed by atoms with Gasteiger partial charge in [-0.25, -0.2) is 5.43 Å². The van der Waals surface area contributed by atoms with Crippen molar-refractivity contribution in [2.45, 2.75) is 13.8 Å². The van der Waals surface area contributed by atoms with E-state index in [1.165, 1.54) is 13.8 Å². The highest BCUT2D eigenvalue weighted by Crippen LogP contribution is 2.16. The summed E-state index contributed by atoms with van der Waals surface area (Å²) in [4.78, 5) is 23.3. The van der Waals surface area contributed by atoms with Gasteiger partial charge < -0.3 is 5.11 Å². The molecule has 26 heavy (non-hydrogen) atoms. The highest BCUT2D eigenvalue weighted by atomic mass is 16.3. The summed E-state index contributed by atoms with van der Waals surface area (Å²) in [5.74, 6) is -0.953. The third-order valence-corrected chi connectivity index (χ3v) is 3.25. The molecule has 0 heterocycles. The molecule has 7 heteroatoms. The first-order valence-electron chi connectivity index (χ1n) is 7.78. The SMILES string of the molecule is CC(=O)/C(N=Nc1ccc(C(=O)N/N=C/c2ccccc2)cc1)=C(/C)O. The minimum Gasteiger partial charge on any atom is -0.510 e. The van der Waals surface area contributed by atoms with Crippen LogP contribution in [0.2, 0.25) is 0 Å². The molecule has 2 aromatic rings. The van der Waals surface area contributed by atoms with E-state index in [0.29, 0.717) is 11.3 Å². The second-order valence-electron chi connectivity index (χ2n) is 5.35. The lowest BCUT2D eigenvalue weighted by atomic mass is 10.2. The number of nitrogens with one attached hydrogen (secondary N) is 1. The van der Waals surface area contributed by atoms with Crippen LogP contribution in [0.4, 0.5) is 5.69 Å². The van der Waals surface area contributed by atoms with Crippen molar-refractivity contribution in [1.82, 2.24) is 5.43 Å². The van der Waals surface area contributed by atoms with E-state index >= 15 is 0 Å². The minimum absolute atomic E-state index is 0.109. The van der Waals surface area contributed by atoms with Crippen LogP contribution in [0.1, 0.15) is 29.8 Å². The summed E-state index contributed by atoms with van der Waals surface area (Å²) in [6, 6.07) is 15.7. The van der Waals surface area contributed by atoms with Gasteiger partial charge in [-0.05, 0) is 36.8 Å². The Hall–Kier alpha value is -3.61. The number of amides is 1. The summed E-state index contributed by atoms with van der Waals surface area (Å²) in [6.07, 6.45) is 1.55. The second kappa shape index (κ2) is 9.03. The van der Waals surface area contributed by atoms with Crippen LogP contribution < -0.4 is 5.43 Å². The van der Waals surface area contributed by atoms with Gasteiger partial charge in [0.1, 0.15) is 5.76 Å². The molecule has 7 nitrogen and oxygen atoms in total. The molecule has 0 atom stereocenters. The fourth-order valence-electron chi connectivity index (χ4n) is 1.95. The average molecular weight is 350 g/mol. The van der Waals surface area contributed by atoms with E-state index in [9.17, 15) is 14.7 Å². The summed E-state index contributed by atoms with van der Waals surface area (Å²) in [5, 5.41) is 20.9. The van der Waals surface area contributed by atoms with Crippen LogP contribution in [0.25, 0.3) is 0 Å². The van der Waals surface area contributed by atoms with Crippen molar-refractivity contribution in [2.24, 2.45) is 15.3 Å². The Bertz CT molecular complexity index is 865. The molecule has 2 rings (SSSR count). The molecule has 0 saturated carbocycles. The maximum Gasteiger partial charge on any atom is 0.271 e. The van der Waals surface area contributed by atoms with E-state index in [4.69, 9.17) is 0 Å². The predicted molar refractivity (Wildman–Crippen MR) is 98.5 cm³/mol. The fraction of sp³-hybridized carbons (Fsp3) is 0.105. The van der Waals surface area contributed by atoms with Gasteiger partial charge in [0.25, 0.3) is 5.91 Å². The van der Waals surface area contributed by atoms with Crippen molar-refractivity contribution in [3.63, 3.8) is 0 Å². The van der Waals surface area contributed by atoms with E-state index in [0.717, 1.165) is 5.56 Å². The van der Waals surface area contributed by atoms with Crippen LogP contribution in [0.15, 0.2) is 81.4 Å². The van der Waals surface area contributed by atoms with Crippen molar-refractivity contribution in [2.75, 3.05) is 0 Å². The molecule has 0 radical (unpaired) electrons. The lowest BCUT2D eigenvalue weighted by molar-refractivity contribution is -0.113. The third-order valence-electron chi connectivity index (χ3n) is 3.25. The molecule has 132 valence electrons. The first-order chi connectivity index (χ1) is 12.5. The highest BCUT2D eigenvalue weighted by molar-refractivity contribution is 5.95. The van der Waals surface area contributed by atoms with Gasteiger partial charge in [0, 0.05) is 12.5 Å². The van der Waals surface area contributed by atoms with Gasteiger partial charge in [-0.2, -0.15) is 10.2 Å². The number of hydrogen-bond acceptors (Lipinski definition) is 6. The lowest BCUT2D eigenvalue weighted by Crippen LogP contribution is -2.17. The van der Waals surface area contributed by atoms with E-state index in [2.05, 4.69) is 20.8 Å². The second-order valence-corrected chi connectivity index (χ2v) is 5.35. The zero-order chi connectivity index (χ0) is 18.9. The lowest BCUT2D eigenvalue weighted by Gasteiger charge is -2.01. The Morgan fingerprint density at radius 3 is 2.23 bits per heavy atom. The normalized spacial score (nSPS) is 12.2. The van der Waals surface area contributed by atoms with Gasteiger partial charge >= 0.3 is 0 Å². The van der Waals surface area contributed by atoms with E-state index < -0.39 is 0 Å². The molecule has 2 aromatic carbocycles. The van der Waals surface area contributed by atoms with E-state index in [-0.39, 0.29) is 23.1 Å². The maximum atomic E-state index is 12.0. The number of aliphatic hydroxyl groups is 1. The summed E-state index contributed by atoms with van der Waals surface area (Å²) in [6.45, 7) is 2.65. The number of rotatable bonds is 6. The zero-order valence-electron chi connectivity index (χ0n) is 14.4. The molecule has 0 aliphatic rings. The minimum atomic E-state index is -0.388. The number of carbonyl (C=O) groups is 2. The molecular formula is C19H18N4O3. The molecule has 0 aliphatic carbocycles. The summed E-state index contributed by atoms with van der Waals surface area (Å²) < 4.78 is 0. The number of Topliss-reactive ketones (excluding diaryl/α,β-unsaturated/α-hetero) is 1. The van der Waals surface area contributed by atoms with Crippen molar-refractivity contribution >= 4 is 23.6 Å². The van der Waals surface area contributed by atoms with Gasteiger partial charge in [-0.3, -0.25) is 9.59 Å². The molecule has 0 aliphatic heterocycles. The zero-order valence-corrected chi connectivity index (χ0v) is 14.4. The van der Waals surface area contributed by atoms with Gasteiger partial charge in [-0.1, -0.05) is 30.3 Å². The standard InChI is InChI=1S/C19H18N4O3/c1-13(24)18(14(2)25)22-21-17-10-8-16(9-11-17)19(26)23-20-12-15-6-4-3-5-7-15/h3-12,24H,1-2H3,(H,23,26)/b18-13+,20-12+,22-21?. The number of aliphatic hydroxyl groups excluding tert-OH is 1. The largest absolute Gasteiger partial charge is 0.510 e. The smallest absolute Gasteiger partial charge is 0.271 e. The fourth-order valence-corrected chi connectivity index (χ4v) is 1.95. The molecule has 0 unspecified atom stereocenters.